The third-order valence-electron chi connectivity index (χ3n) is 3.53. The number of nitrogens with zero attached hydrogens (tertiary/aromatic N) is 2. The van der Waals surface area contributed by atoms with Crippen molar-refractivity contribution in [3.63, 3.8) is 0 Å². The van der Waals surface area contributed by atoms with E-state index in [1.807, 2.05) is 13.8 Å². The normalized spacial score (nSPS) is 16.8. The molecule has 20 heavy (non-hydrogen) atoms. The van der Waals surface area contributed by atoms with Crippen LogP contribution in [0.15, 0.2) is 12.4 Å². The van der Waals surface area contributed by atoms with Crippen LogP contribution in [0, 0.1) is 0 Å². The zero-order chi connectivity index (χ0) is 14.4. The predicted molar refractivity (Wildman–Crippen MR) is 79.7 cm³/mol. The van der Waals surface area contributed by atoms with Crippen LogP contribution >= 0.6 is 0 Å². The number of hydrogen-bond donors (Lipinski definition) is 2. The van der Waals surface area contributed by atoms with Gasteiger partial charge in [-0.1, -0.05) is 25.7 Å². The lowest BCUT2D eigenvalue weighted by Crippen LogP contribution is -2.31. The fourth-order valence-corrected chi connectivity index (χ4v) is 2.53. The molecule has 0 aromatic carbocycles. The van der Waals surface area contributed by atoms with E-state index in [1.54, 1.807) is 6.07 Å². The van der Waals surface area contributed by atoms with Crippen molar-refractivity contribution in [1.29, 1.82) is 0 Å². The summed E-state index contributed by atoms with van der Waals surface area (Å²) in [6.07, 6.45) is 8.99. The van der Waals surface area contributed by atoms with Crippen LogP contribution in [0.3, 0.4) is 0 Å². The molecule has 1 saturated carbocycles. The molecule has 2 N–H and O–H groups in total. The molecule has 1 aliphatic carbocycles. The Hall–Kier alpha value is -1.65. The molecule has 0 bridgehead atoms. The molecule has 5 nitrogen and oxygen atoms in total. The smallest absolute Gasteiger partial charge is 0.270 e. The second-order valence-corrected chi connectivity index (χ2v) is 5.75. The van der Waals surface area contributed by atoms with Crippen LogP contribution in [0.5, 0.6) is 0 Å². The minimum atomic E-state index is -0.147. The number of carbonyl (C=O) groups is 1. The van der Waals surface area contributed by atoms with Crippen LogP contribution in [-0.2, 0) is 0 Å². The zero-order valence-electron chi connectivity index (χ0n) is 12.4. The Morgan fingerprint density at radius 3 is 2.55 bits per heavy atom. The van der Waals surface area contributed by atoms with E-state index in [0.29, 0.717) is 11.7 Å². The number of carbonyl (C=O) groups excluding carboxylic acids is 1. The molecular weight excluding hydrogens is 252 g/mol. The van der Waals surface area contributed by atoms with E-state index in [9.17, 15) is 4.79 Å². The highest BCUT2D eigenvalue weighted by molar-refractivity contribution is 5.92. The monoisotopic (exact) mass is 276 g/mol. The van der Waals surface area contributed by atoms with Crippen LogP contribution in [0.25, 0.3) is 0 Å². The topological polar surface area (TPSA) is 66.9 Å². The van der Waals surface area contributed by atoms with Crippen molar-refractivity contribution in [3.8, 4) is 0 Å². The average Bonchev–Trinajstić information content (AvgIpc) is 2.67. The SMILES string of the molecule is CC(C)NC(=O)c1cc(NC2CCCCCC2)ncn1. The molecule has 2 rings (SSSR count). The minimum absolute atomic E-state index is 0.107. The summed E-state index contributed by atoms with van der Waals surface area (Å²) in [6, 6.07) is 2.31. The standard InChI is InChI=1S/C15H24N4O/c1-11(2)18-15(20)13-9-14(17-10-16-13)19-12-7-5-3-4-6-8-12/h9-12H,3-8H2,1-2H3,(H,18,20)(H,16,17,19). The molecule has 5 heteroatoms. The maximum atomic E-state index is 11.9. The fraction of sp³-hybridized carbons (Fsp3) is 0.667. The van der Waals surface area contributed by atoms with Gasteiger partial charge in [0.1, 0.15) is 17.8 Å². The van der Waals surface area contributed by atoms with Gasteiger partial charge in [0, 0.05) is 18.2 Å². The van der Waals surface area contributed by atoms with Crippen LogP contribution < -0.4 is 10.6 Å². The van der Waals surface area contributed by atoms with Gasteiger partial charge in [-0.15, -0.1) is 0 Å². The highest BCUT2D eigenvalue weighted by atomic mass is 16.1. The first-order valence-electron chi connectivity index (χ1n) is 7.54. The van der Waals surface area contributed by atoms with Crippen molar-refractivity contribution in [2.75, 3.05) is 5.32 Å². The van der Waals surface area contributed by atoms with E-state index in [-0.39, 0.29) is 11.9 Å². The molecule has 1 aromatic rings. The second-order valence-electron chi connectivity index (χ2n) is 5.75. The maximum absolute atomic E-state index is 11.9. The van der Waals surface area contributed by atoms with Gasteiger partial charge in [0.25, 0.3) is 5.91 Å². The lowest BCUT2D eigenvalue weighted by Gasteiger charge is -2.17. The summed E-state index contributed by atoms with van der Waals surface area (Å²) in [7, 11) is 0. The van der Waals surface area contributed by atoms with Gasteiger partial charge in [-0.2, -0.15) is 0 Å². The van der Waals surface area contributed by atoms with Gasteiger partial charge < -0.3 is 10.6 Å². The first-order chi connectivity index (χ1) is 9.65. The van der Waals surface area contributed by atoms with Crippen LogP contribution in [0.2, 0.25) is 0 Å². The van der Waals surface area contributed by atoms with E-state index in [2.05, 4.69) is 20.6 Å². The summed E-state index contributed by atoms with van der Waals surface area (Å²) in [5.41, 5.74) is 0.421. The Bertz CT molecular complexity index is 439. The number of nitrogens with one attached hydrogen (secondary N) is 2. The first kappa shape index (κ1) is 14.8. The third kappa shape index (κ3) is 4.47. The van der Waals surface area contributed by atoms with Gasteiger partial charge in [0.2, 0.25) is 0 Å². The molecule has 0 atom stereocenters. The average molecular weight is 276 g/mol. The van der Waals surface area contributed by atoms with E-state index in [0.717, 1.165) is 5.82 Å². The van der Waals surface area contributed by atoms with E-state index in [1.165, 1.54) is 44.9 Å². The molecule has 1 amide bonds. The van der Waals surface area contributed by atoms with Crippen LogP contribution in [0.4, 0.5) is 5.82 Å². The number of anilines is 1. The number of amides is 1. The van der Waals surface area contributed by atoms with Crippen molar-refractivity contribution < 1.29 is 4.79 Å². The molecule has 1 fully saturated rings. The van der Waals surface area contributed by atoms with Crippen molar-refractivity contribution in [2.24, 2.45) is 0 Å². The number of aromatic nitrogens is 2. The highest BCUT2D eigenvalue weighted by Crippen LogP contribution is 2.20. The molecule has 0 unspecified atom stereocenters. The van der Waals surface area contributed by atoms with Gasteiger partial charge in [-0.3, -0.25) is 4.79 Å². The number of hydrogen-bond acceptors (Lipinski definition) is 4. The molecule has 0 saturated heterocycles. The quantitative estimate of drug-likeness (QED) is 0.830. The van der Waals surface area contributed by atoms with Gasteiger partial charge in [0.15, 0.2) is 0 Å². The van der Waals surface area contributed by atoms with Crippen LogP contribution in [-0.4, -0.2) is 28.0 Å². The van der Waals surface area contributed by atoms with E-state index in [4.69, 9.17) is 0 Å². The summed E-state index contributed by atoms with van der Waals surface area (Å²) in [6.45, 7) is 3.87. The molecule has 110 valence electrons. The van der Waals surface area contributed by atoms with Gasteiger partial charge in [-0.25, -0.2) is 9.97 Å². The van der Waals surface area contributed by atoms with E-state index < -0.39 is 0 Å². The third-order valence-corrected chi connectivity index (χ3v) is 3.53. The van der Waals surface area contributed by atoms with E-state index >= 15 is 0 Å². The molecule has 1 aliphatic rings. The fourth-order valence-electron chi connectivity index (χ4n) is 2.53. The molecule has 0 radical (unpaired) electrons. The number of rotatable bonds is 4. The maximum Gasteiger partial charge on any atom is 0.270 e. The lowest BCUT2D eigenvalue weighted by molar-refractivity contribution is 0.0938. The first-order valence-corrected chi connectivity index (χ1v) is 7.54. The Kier molecular flexibility index (Phi) is 5.32. The second kappa shape index (κ2) is 7.22. The molecule has 0 aliphatic heterocycles. The summed E-state index contributed by atoms with van der Waals surface area (Å²) in [4.78, 5) is 20.2. The minimum Gasteiger partial charge on any atom is -0.367 e. The Morgan fingerprint density at radius 1 is 1.20 bits per heavy atom. The molecular formula is C15H24N4O. The highest BCUT2D eigenvalue weighted by Gasteiger charge is 2.14. The Balaban J connectivity index is 1.99. The lowest BCUT2D eigenvalue weighted by atomic mass is 10.1. The summed E-state index contributed by atoms with van der Waals surface area (Å²) < 4.78 is 0. The van der Waals surface area contributed by atoms with Crippen molar-refractivity contribution in [2.45, 2.75) is 64.5 Å². The summed E-state index contributed by atoms with van der Waals surface area (Å²) in [5.74, 6) is 0.604. The van der Waals surface area contributed by atoms with Crippen molar-refractivity contribution >= 4 is 11.7 Å². The van der Waals surface area contributed by atoms with Gasteiger partial charge in [-0.05, 0) is 26.7 Å². The van der Waals surface area contributed by atoms with Crippen molar-refractivity contribution in [1.82, 2.24) is 15.3 Å². The predicted octanol–water partition coefficient (Wildman–Crippen LogP) is 2.75. The van der Waals surface area contributed by atoms with Gasteiger partial charge >= 0.3 is 0 Å². The largest absolute Gasteiger partial charge is 0.367 e. The zero-order valence-corrected chi connectivity index (χ0v) is 12.4. The summed E-state index contributed by atoms with van der Waals surface area (Å²) in [5, 5.41) is 6.28. The Labute approximate surface area is 120 Å². The summed E-state index contributed by atoms with van der Waals surface area (Å²) >= 11 is 0. The molecule has 0 spiro atoms. The van der Waals surface area contributed by atoms with Crippen LogP contribution in [0.1, 0.15) is 62.9 Å². The molecule has 1 aromatic heterocycles. The Morgan fingerprint density at radius 2 is 1.90 bits per heavy atom. The molecule has 1 heterocycles. The van der Waals surface area contributed by atoms with Crippen molar-refractivity contribution in [3.05, 3.63) is 18.1 Å². The van der Waals surface area contributed by atoms with Gasteiger partial charge in [0.05, 0.1) is 0 Å².